The first-order valence-corrected chi connectivity index (χ1v) is 13.2. The Labute approximate surface area is 213 Å². The number of Topliss-reactive ketones (excluding diaryl/α,β-unsaturated/α-hetero) is 1. The van der Waals surface area contributed by atoms with Gasteiger partial charge in [-0.1, -0.05) is 53.2 Å². The van der Waals surface area contributed by atoms with Gasteiger partial charge in [0.25, 0.3) is 0 Å². The zero-order valence-corrected chi connectivity index (χ0v) is 23.3. The fourth-order valence-corrected chi connectivity index (χ4v) is 5.75. The number of carbonyl (C=O) groups excluding carboxylic acids is 3. The van der Waals surface area contributed by atoms with E-state index in [9.17, 15) is 14.4 Å². The van der Waals surface area contributed by atoms with Crippen LogP contribution in [0, 0.1) is 5.92 Å². The molecule has 1 heterocycles. The van der Waals surface area contributed by atoms with Crippen molar-refractivity contribution >= 4 is 33.6 Å². The van der Waals surface area contributed by atoms with Crippen LogP contribution in [0.2, 0.25) is 0 Å². The minimum absolute atomic E-state index is 0.00783. The molecule has 1 aromatic rings. The highest BCUT2D eigenvalue weighted by Crippen LogP contribution is 2.44. The van der Waals surface area contributed by atoms with Gasteiger partial charge in [-0.15, -0.1) is 0 Å². The van der Waals surface area contributed by atoms with Crippen molar-refractivity contribution in [3.05, 3.63) is 35.9 Å². The SMILES string of the molecule is CCC(Br)C(C[C@@]1(C(C)=O)CC[C@H](C(=O)OC(C)(C)C)N1Cc1ccccc1)C(C)NC(C)=O. The van der Waals surface area contributed by atoms with Gasteiger partial charge >= 0.3 is 5.97 Å². The molecule has 0 spiro atoms. The average Bonchev–Trinajstić information content (AvgIpc) is 3.09. The number of hydrogen-bond acceptors (Lipinski definition) is 5. The van der Waals surface area contributed by atoms with Crippen molar-refractivity contribution in [3.8, 4) is 0 Å². The summed E-state index contributed by atoms with van der Waals surface area (Å²) in [7, 11) is 0. The molecule has 0 aromatic heterocycles. The molecule has 3 unspecified atom stereocenters. The standard InChI is InChI=1S/C27H41BrN2O4/c1-8-23(28)22(18(2)29-20(4)32)16-27(19(3)31)15-14-24(25(33)34-26(5,6)7)30(27)17-21-12-10-9-11-13-21/h9-13,18,22-24H,8,14-17H2,1-7H3,(H,29,32)/t18?,22?,23?,24-,27-/m1/s1. The van der Waals surface area contributed by atoms with Gasteiger partial charge in [0, 0.05) is 24.3 Å². The molecule has 1 N–H and O–H groups in total. The second-order valence-electron chi connectivity index (χ2n) is 10.6. The predicted molar refractivity (Wildman–Crippen MR) is 139 cm³/mol. The van der Waals surface area contributed by atoms with E-state index in [0.29, 0.717) is 25.8 Å². The monoisotopic (exact) mass is 536 g/mol. The molecule has 1 aliphatic heterocycles. The number of nitrogens with one attached hydrogen (secondary N) is 1. The Bertz CT molecular complexity index is 854. The Morgan fingerprint density at radius 1 is 1.21 bits per heavy atom. The molecule has 34 heavy (non-hydrogen) atoms. The number of alkyl halides is 1. The third-order valence-electron chi connectivity index (χ3n) is 6.79. The van der Waals surface area contributed by atoms with E-state index >= 15 is 0 Å². The highest BCUT2D eigenvalue weighted by molar-refractivity contribution is 9.09. The van der Waals surface area contributed by atoms with Crippen molar-refractivity contribution in [2.75, 3.05) is 0 Å². The molecule has 1 amide bonds. The van der Waals surface area contributed by atoms with E-state index < -0.39 is 17.2 Å². The van der Waals surface area contributed by atoms with Crippen LogP contribution in [0.4, 0.5) is 0 Å². The molecule has 5 atom stereocenters. The number of ketones is 1. The topological polar surface area (TPSA) is 75.7 Å². The van der Waals surface area contributed by atoms with Crippen LogP contribution in [0.3, 0.4) is 0 Å². The molecule has 0 aliphatic carbocycles. The molecular formula is C27H41BrN2O4. The van der Waals surface area contributed by atoms with Crippen molar-refractivity contribution in [1.82, 2.24) is 10.2 Å². The van der Waals surface area contributed by atoms with E-state index in [1.54, 1.807) is 6.92 Å². The normalized spacial score (nSPS) is 23.7. The predicted octanol–water partition coefficient (Wildman–Crippen LogP) is 5.02. The lowest BCUT2D eigenvalue weighted by molar-refractivity contribution is -0.162. The van der Waals surface area contributed by atoms with Gasteiger partial charge < -0.3 is 10.1 Å². The number of ether oxygens (including phenoxy) is 1. The molecule has 190 valence electrons. The van der Waals surface area contributed by atoms with Crippen LogP contribution in [0.1, 0.15) is 79.7 Å². The van der Waals surface area contributed by atoms with Crippen LogP contribution in [0.25, 0.3) is 0 Å². The summed E-state index contributed by atoms with van der Waals surface area (Å²) in [5.74, 6) is -0.327. The Morgan fingerprint density at radius 2 is 1.82 bits per heavy atom. The molecule has 1 fully saturated rings. The van der Waals surface area contributed by atoms with E-state index in [1.165, 1.54) is 6.92 Å². The summed E-state index contributed by atoms with van der Waals surface area (Å²) < 4.78 is 5.78. The third kappa shape index (κ3) is 7.14. The minimum atomic E-state index is -0.823. The van der Waals surface area contributed by atoms with Gasteiger partial charge in [-0.3, -0.25) is 19.3 Å². The lowest BCUT2D eigenvalue weighted by atomic mass is 9.77. The number of carbonyl (C=O) groups is 3. The summed E-state index contributed by atoms with van der Waals surface area (Å²) in [5.41, 5.74) is -0.389. The number of amides is 1. The quantitative estimate of drug-likeness (QED) is 0.335. The summed E-state index contributed by atoms with van der Waals surface area (Å²) in [6.45, 7) is 13.3. The number of benzene rings is 1. The fraction of sp³-hybridized carbons (Fsp3) is 0.667. The van der Waals surface area contributed by atoms with Crippen molar-refractivity contribution in [2.45, 2.75) is 109 Å². The highest BCUT2D eigenvalue weighted by atomic mass is 79.9. The molecule has 1 aliphatic rings. The fourth-order valence-electron chi connectivity index (χ4n) is 5.11. The Kier molecular flexibility index (Phi) is 9.90. The highest BCUT2D eigenvalue weighted by Gasteiger charge is 2.54. The molecule has 1 saturated heterocycles. The summed E-state index contributed by atoms with van der Waals surface area (Å²) in [6, 6.07) is 9.30. The van der Waals surface area contributed by atoms with Crippen LogP contribution in [-0.4, -0.2) is 50.6 Å². The maximum absolute atomic E-state index is 13.4. The largest absolute Gasteiger partial charge is 0.459 e. The molecule has 1 aromatic carbocycles. The van der Waals surface area contributed by atoms with E-state index in [2.05, 4.69) is 33.1 Å². The Balaban J connectivity index is 2.51. The maximum atomic E-state index is 13.4. The van der Waals surface area contributed by atoms with Crippen molar-refractivity contribution in [3.63, 3.8) is 0 Å². The van der Waals surface area contributed by atoms with E-state index in [4.69, 9.17) is 4.74 Å². The van der Waals surface area contributed by atoms with E-state index in [-0.39, 0.29) is 34.4 Å². The number of rotatable bonds is 10. The minimum Gasteiger partial charge on any atom is -0.459 e. The number of hydrogen-bond donors (Lipinski definition) is 1. The van der Waals surface area contributed by atoms with Gasteiger partial charge in [0.1, 0.15) is 17.4 Å². The second kappa shape index (κ2) is 11.8. The van der Waals surface area contributed by atoms with Gasteiger partial charge in [-0.05, 0) is 71.8 Å². The summed E-state index contributed by atoms with van der Waals surface area (Å²) in [4.78, 5) is 40.7. The van der Waals surface area contributed by atoms with E-state index in [1.807, 2.05) is 58.0 Å². The molecule has 0 saturated carbocycles. The lowest BCUT2D eigenvalue weighted by Crippen LogP contribution is -2.57. The molecule has 0 radical (unpaired) electrons. The zero-order chi connectivity index (χ0) is 25.7. The number of halogens is 1. The van der Waals surface area contributed by atoms with Crippen LogP contribution >= 0.6 is 15.9 Å². The van der Waals surface area contributed by atoms with Crippen molar-refractivity contribution in [2.24, 2.45) is 5.92 Å². The van der Waals surface area contributed by atoms with Crippen LogP contribution in [0.15, 0.2) is 30.3 Å². The Morgan fingerprint density at radius 3 is 2.32 bits per heavy atom. The molecular weight excluding hydrogens is 496 g/mol. The van der Waals surface area contributed by atoms with Crippen LogP contribution < -0.4 is 5.32 Å². The van der Waals surface area contributed by atoms with Crippen LogP contribution in [0.5, 0.6) is 0 Å². The smallest absolute Gasteiger partial charge is 0.323 e. The zero-order valence-electron chi connectivity index (χ0n) is 21.7. The van der Waals surface area contributed by atoms with Gasteiger partial charge in [0.05, 0.1) is 5.54 Å². The molecule has 0 bridgehead atoms. The van der Waals surface area contributed by atoms with Gasteiger partial charge in [-0.2, -0.15) is 0 Å². The average molecular weight is 538 g/mol. The maximum Gasteiger partial charge on any atom is 0.323 e. The molecule has 7 heteroatoms. The number of esters is 1. The second-order valence-corrected chi connectivity index (χ2v) is 11.7. The van der Waals surface area contributed by atoms with Gasteiger partial charge in [-0.25, -0.2) is 0 Å². The van der Waals surface area contributed by atoms with Crippen molar-refractivity contribution < 1.29 is 19.1 Å². The van der Waals surface area contributed by atoms with Gasteiger partial charge in [0.2, 0.25) is 5.91 Å². The molecule has 2 rings (SSSR count). The van der Waals surface area contributed by atoms with E-state index in [0.717, 1.165) is 12.0 Å². The van der Waals surface area contributed by atoms with Crippen molar-refractivity contribution in [1.29, 1.82) is 0 Å². The molecule has 6 nitrogen and oxygen atoms in total. The lowest BCUT2D eigenvalue weighted by Gasteiger charge is -2.43. The summed E-state index contributed by atoms with van der Waals surface area (Å²) in [5, 5.41) is 3.03. The summed E-state index contributed by atoms with van der Waals surface area (Å²) >= 11 is 3.81. The van der Waals surface area contributed by atoms with Crippen LogP contribution in [-0.2, 0) is 25.7 Å². The van der Waals surface area contributed by atoms with Gasteiger partial charge in [0.15, 0.2) is 0 Å². The first-order valence-electron chi connectivity index (χ1n) is 12.3. The summed E-state index contributed by atoms with van der Waals surface area (Å²) in [6.07, 6.45) is 2.53. The third-order valence-corrected chi connectivity index (χ3v) is 8.11. The first-order chi connectivity index (χ1) is 15.8. The Hall–Kier alpha value is -1.73. The first kappa shape index (κ1) is 28.5. The number of likely N-dealkylation sites (tertiary alicyclic amines) is 1. The number of nitrogens with zero attached hydrogens (tertiary/aromatic N) is 1.